The molecule has 0 amide bonds. The van der Waals surface area contributed by atoms with E-state index in [1.807, 2.05) is 30.3 Å². The minimum absolute atomic E-state index is 0.0685. The Kier molecular flexibility index (Phi) is 6.86. The van der Waals surface area contributed by atoms with Gasteiger partial charge in [-0.05, 0) is 36.1 Å². The van der Waals surface area contributed by atoms with Gasteiger partial charge in [0.15, 0.2) is 12.1 Å². The molecule has 6 nitrogen and oxygen atoms in total. The number of halogens is 1. The Morgan fingerprint density at radius 2 is 1.68 bits per heavy atom. The summed E-state index contributed by atoms with van der Waals surface area (Å²) in [7, 11) is 0. The zero-order valence-corrected chi connectivity index (χ0v) is 21.4. The molecule has 7 rings (SSSR count). The van der Waals surface area contributed by atoms with E-state index >= 15 is 0 Å². The highest BCUT2D eigenvalue weighted by Crippen LogP contribution is 2.44. The summed E-state index contributed by atoms with van der Waals surface area (Å²) >= 11 is 0. The molecule has 4 aliphatic rings. The summed E-state index contributed by atoms with van der Waals surface area (Å²) in [5.41, 5.74) is 0.564. The lowest BCUT2D eigenvalue weighted by atomic mass is 9.73. The van der Waals surface area contributed by atoms with Crippen molar-refractivity contribution in [1.82, 2.24) is 10.2 Å². The number of aliphatic hydroxyl groups is 1. The molecule has 4 fully saturated rings. The minimum atomic E-state index is -1.26. The molecule has 4 heterocycles. The first kappa shape index (κ1) is 24.7. The lowest BCUT2D eigenvalue weighted by molar-refractivity contribution is -0.959. The largest absolute Gasteiger partial charge is 0.416 e. The number of hydrogen-bond donors (Lipinski definition) is 1. The van der Waals surface area contributed by atoms with E-state index in [-0.39, 0.29) is 17.8 Å². The van der Waals surface area contributed by atoms with Crippen LogP contribution in [0.3, 0.4) is 0 Å². The van der Waals surface area contributed by atoms with Gasteiger partial charge in [-0.1, -0.05) is 61.7 Å². The topological polar surface area (TPSA) is 68.4 Å². The third-order valence-electron chi connectivity index (χ3n) is 9.09. The molecular weight excluding hydrogens is 469 g/mol. The Balaban J connectivity index is 1.19. The minimum Gasteiger partial charge on any atom is -0.416 e. The van der Waals surface area contributed by atoms with Crippen LogP contribution in [0.2, 0.25) is 0 Å². The van der Waals surface area contributed by atoms with Gasteiger partial charge in [0, 0.05) is 24.7 Å². The maximum Gasteiger partial charge on any atom is 0.271 e. The van der Waals surface area contributed by atoms with Gasteiger partial charge >= 0.3 is 0 Å². The highest BCUT2D eigenvalue weighted by atomic mass is 19.1. The monoisotopic (exact) mass is 506 g/mol. The van der Waals surface area contributed by atoms with E-state index in [2.05, 4.69) is 10.2 Å². The molecule has 3 aromatic rings. The van der Waals surface area contributed by atoms with Crippen LogP contribution in [0.15, 0.2) is 59.0 Å². The van der Waals surface area contributed by atoms with Gasteiger partial charge in [-0.3, -0.25) is 0 Å². The quantitative estimate of drug-likeness (QED) is 0.417. The van der Waals surface area contributed by atoms with Crippen LogP contribution in [-0.2, 0) is 23.5 Å². The summed E-state index contributed by atoms with van der Waals surface area (Å²) in [5, 5.41) is 21.0. The summed E-state index contributed by atoms with van der Waals surface area (Å²) < 4.78 is 26.8. The van der Waals surface area contributed by atoms with Gasteiger partial charge in [0.1, 0.15) is 18.5 Å². The second-order valence-electron chi connectivity index (χ2n) is 11.4. The predicted molar refractivity (Wildman–Crippen MR) is 137 cm³/mol. The van der Waals surface area contributed by atoms with Crippen molar-refractivity contribution in [1.29, 1.82) is 0 Å². The maximum atomic E-state index is 13.3. The van der Waals surface area contributed by atoms with E-state index in [0.717, 1.165) is 73.8 Å². The van der Waals surface area contributed by atoms with Crippen LogP contribution in [0.4, 0.5) is 4.39 Å². The Hall–Kier alpha value is -2.61. The summed E-state index contributed by atoms with van der Waals surface area (Å²) in [6.07, 6.45) is 7.74. The van der Waals surface area contributed by atoms with Gasteiger partial charge in [-0.2, -0.15) is 0 Å². The molecular formula is C30H37FN3O3+. The third-order valence-corrected chi connectivity index (χ3v) is 9.09. The van der Waals surface area contributed by atoms with Crippen LogP contribution < -0.4 is 0 Å². The highest BCUT2D eigenvalue weighted by Gasteiger charge is 2.49. The molecule has 2 bridgehead atoms. The molecule has 37 heavy (non-hydrogen) atoms. The number of ether oxygens (including phenoxy) is 1. The standard InChI is InChI=1S/C30H37FN3O3/c31-26-13-11-22(12-14-26)21-36-27-19-34(17-15-23(27)16-18-34)20-28-32-33-29(37-28)30(35,24-7-3-1-4-8-24)25-9-5-2-6-10-25/h1,3-4,7-8,11-14,23,25,27,35H,2,5-6,9-10,15-21H2/q+1/t23?,27-,30-,34?/m0/s1. The normalized spacial score (nSPS) is 27.7. The smallest absolute Gasteiger partial charge is 0.271 e. The average molecular weight is 507 g/mol. The number of rotatable bonds is 8. The van der Waals surface area contributed by atoms with Crippen molar-refractivity contribution in [2.45, 2.75) is 69.8 Å². The van der Waals surface area contributed by atoms with Crippen molar-refractivity contribution >= 4 is 0 Å². The maximum absolute atomic E-state index is 13.3. The lowest BCUT2D eigenvalue weighted by Gasteiger charge is -2.51. The number of aromatic nitrogens is 2. The van der Waals surface area contributed by atoms with Gasteiger partial charge in [0.05, 0.1) is 19.7 Å². The fraction of sp³-hybridized carbons (Fsp3) is 0.533. The van der Waals surface area contributed by atoms with Gasteiger partial charge in [-0.15, -0.1) is 10.2 Å². The van der Waals surface area contributed by atoms with Crippen LogP contribution in [0.25, 0.3) is 0 Å². The second-order valence-corrected chi connectivity index (χ2v) is 11.4. The van der Waals surface area contributed by atoms with E-state index in [0.29, 0.717) is 30.9 Å². The third kappa shape index (κ3) is 4.97. The van der Waals surface area contributed by atoms with E-state index in [4.69, 9.17) is 9.15 Å². The predicted octanol–water partition coefficient (Wildman–Crippen LogP) is 5.35. The van der Waals surface area contributed by atoms with Crippen LogP contribution in [0.5, 0.6) is 0 Å². The Labute approximate surface area is 218 Å². The Bertz CT molecular complexity index is 1170. The number of nitrogens with zero attached hydrogens (tertiary/aromatic N) is 3. The summed E-state index contributed by atoms with van der Waals surface area (Å²) in [5.74, 6) is 1.33. The molecule has 2 atom stereocenters. The van der Waals surface area contributed by atoms with Crippen molar-refractivity contribution in [2.24, 2.45) is 11.8 Å². The first-order valence-corrected chi connectivity index (χ1v) is 13.9. The first-order valence-electron chi connectivity index (χ1n) is 13.9. The molecule has 0 unspecified atom stereocenters. The molecule has 1 aromatic heterocycles. The molecule has 196 valence electrons. The Morgan fingerprint density at radius 3 is 2.41 bits per heavy atom. The number of hydrogen-bond acceptors (Lipinski definition) is 5. The van der Waals surface area contributed by atoms with Gasteiger partial charge in [-0.25, -0.2) is 4.39 Å². The zero-order chi connectivity index (χ0) is 25.3. The Morgan fingerprint density at radius 1 is 0.946 bits per heavy atom. The highest BCUT2D eigenvalue weighted by molar-refractivity contribution is 5.29. The number of benzene rings is 2. The van der Waals surface area contributed by atoms with Gasteiger partial charge in [0.25, 0.3) is 11.8 Å². The van der Waals surface area contributed by atoms with Crippen molar-refractivity contribution in [3.63, 3.8) is 0 Å². The van der Waals surface area contributed by atoms with E-state index in [9.17, 15) is 9.50 Å². The molecule has 1 aliphatic carbocycles. The molecule has 3 aliphatic heterocycles. The van der Waals surface area contributed by atoms with Crippen molar-refractivity contribution in [3.05, 3.63) is 83.3 Å². The van der Waals surface area contributed by atoms with Crippen LogP contribution in [0.1, 0.15) is 67.9 Å². The average Bonchev–Trinajstić information content (AvgIpc) is 3.42. The molecule has 2 aromatic carbocycles. The van der Waals surface area contributed by atoms with E-state index in [1.54, 1.807) is 12.1 Å². The summed E-state index contributed by atoms with van der Waals surface area (Å²) in [4.78, 5) is 0. The van der Waals surface area contributed by atoms with Crippen molar-refractivity contribution in [3.8, 4) is 0 Å². The number of fused-ring (bicyclic) bond motifs is 3. The van der Waals surface area contributed by atoms with Crippen molar-refractivity contribution in [2.75, 3.05) is 19.6 Å². The molecule has 1 N–H and O–H groups in total. The second kappa shape index (κ2) is 10.3. The lowest BCUT2D eigenvalue weighted by Crippen LogP contribution is -2.63. The molecule has 7 heteroatoms. The van der Waals surface area contributed by atoms with Crippen LogP contribution >= 0.6 is 0 Å². The number of quaternary nitrogens is 1. The van der Waals surface area contributed by atoms with E-state index in [1.165, 1.54) is 18.6 Å². The molecule has 3 saturated heterocycles. The summed E-state index contributed by atoms with van der Waals surface area (Å²) in [6.45, 7) is 4.22. The zero-order valence-electron chi connectivity index (χ0n) is 21.4. The van der Waals surface area contributed by atoms with Crippen LogP contribution in [0, 0.1) is 17.7 Å². The molecule has 0 radical (unpaired) electrons. The van der Waals surface area contributed by atoms with Crippen molar-refractivity contribution < 1.29 is 23.1 Å². The van der Waals surface area contributed by atoms with Gasteiger partial charge in [0.2, 0.25) is 0 Å². The summed E-state index contributed by atoms with van der Waals surface area (Å²) in [6, 6.07) is 16.4. The SMILES string of the molecule is O[C@](c1ccccc1)(c1nnc(C[N+]23CCC(CC2)[C@@H](OCc2ccc(F)cc2)C3)o1)C1CCCCC1. The van der Waals surface area contributed by atoms with Crippen LogP contribution in [-0.4, -0.2) is 45.5 Å². The fourth-order valence-electron chi connectivity index (χ4n) is 6.92. The van der Waals surface area contributed by atoms with Gasteiger partial charge < -0.3 is 18.7 Å². The fourth-order valence-corrected chi connectivity index (χ4v) is 6.92. The molecule has 1 saturated carbocycles. The van der Waals surface area contributed by atoms with E-state index < -0.39 is 5.60 Å². The number of piperidine rings is 3. The first-order chi connectivity index (χ1) is 18.0. The molecule has 0 spiro atoms.